The smallest absolute Gasteiger partial charge is 0.255 e. The van der Waals surface area contributed by atoms with Crippen molar-refractivity contribution in [3.63, 3.8) is 0 Å². The molecule has 2 aromatic rings. The highest BCUT2D eigenvalue weighted by Gasteiger charge is 2.12. The molecule has 4 nitrogen and oxygen atoms in total. The molecular formula is C16H18BrNO3S2. The first-order valence-corrected chi connectivity index (χ1v) is 9.72. The minimum absolute atomic E-state index is 0.135. The van der Waals surface area contributed by atoms with Gasteiger partial charge in [0.1, 0.15) is 11.5 Å². The highest BCUT2D eigenvalue weighted by Crippen LogP contribution is 2.26. The number of amides is 1. The molecule has 0 aliphatic heterocycles. The molecule has 1 aromatic carbocycles. The Morgan fingerprint density at radius 3 is 2.74 bits per heavy atom. The van der Waals surface area contributed by atoms with E-state index in [0.717, 1.165) is 15.3 Å². The number of thiophene rings is 1. The Balaban J connectivity index is 1.78. The first-order chi connectivity index (χ1) is 11.1. The van der Waals surface area contributed by atoms with Gasteiger partial charge in [-0.05, 0) is 40.2 Å². The second kappa shape index (κ2) is 9.20. The van der Waals surface area contributed by atoms with Gasteiger partial charge in [-0.2, -0.15) is 11.8 Å². The lowest BCUT2D eigenvalue weighted by atomic mass is 10.2. The number of halogens is 1. The van der Waals surface area contributed by atoms with Gasteiger partial charge >= 0.3 is 0 Å². The third kappa shape index (κ3) is 5.44. The van der Waals surface area contributed by atoms with Gasteiger partial charge in [0.25, 0.3) is 5.91 Å². The molecule has 0 unspecified atom stereocenters. The van der Waals surface area contributed by atoms with Crippen LogP contribution in [0.5, 0.6) is 11.5 Å². The fourth-order valence-electron chi connectivity index (χ4n) is 1.92. The first-order valence-electron chi connectivity index (χ1n) is 6.96. The number of thioether (sulfide) groups is 1. The molecule has 0 saturated heterocycles. The molecule has 1 amide bonds. The predicted octanol–water partition coefficient (Wildman–Crippen LogP) is 4.19. The fraction of sp³-hybridized carbons (Fsp3) is 0.312. The quantitative estimate of drug-likeness (QED) is 0.656. The lowest BCUT2D eigenvalue weighted by molar-refractivity contribution is 0.0953. The molecule has 1 N–H and O–H groups in total. The van der Waals surface area contributed by atoms with E-state index in [4.69, 9.17) is 9.47 Å². The number of carbonyl (C=O) groups excluding carboxylic acids is 1. The summed E-state index contributed by atoms with van der Waals surface area (Å²) in [6, 6.07) is 9.34. The summed E-state index contributed by atoms with van der Waals surface area (Å²) in [5, 5.41) is 2.92. The number of hydrogen-bond acceptors (Lipinski definition) is 5. The van der Waals surface area contributed by atoms with E-state index >= 15 is 0 Å². The van der Waals surface area contributed by atoms with E-state index in [1.807, 2.05) is 0 Å². The summed E-state index contributed by atoms with van der Waals surface area (Å²) in [6.07, 6.45) is 0. The van der Waals surface area contributed by atoms with E-state index in [1.54, 1.807) is 55.5 Å². The molecule has 0 spiro atoms. The van der Waals surface area contributed by atoms with Crippen LogP contribution in [0.25, 0.3) is 0 Å². The largest absolute Gasteiger partial charge is 0.497 e. The summed E-state index contributed by atoms with van der Waals surface area (Å²) in [5.41, 5.74) is 0.514. The van der Waals surface area contributed by atoms with Crippen LogP contribution in [0.2, 0.25) is 0 Å². The van der Waals surface area contributed by atoms with Crippen LogP contribution in [0, 0.1) is 0 Å². The zero-order chi connectivity index (χ0) is 16.7. The average molecular weight is 416 g/mol. The van der Waals surface area contributed by atoms with Crippen LogP contribution in [0.3, 0.4) is 0 Å². The van der Waals surface area contributed by atoms with Gasteiger partial charge in [0, 0.05) is 29.0 Å². The van der Waals surface area contributed by atoms with Gasteiger partial charge in [0.2, 0.25) is 0 Å². The van der Waals surface area contributed by atoms with Crippen molar-refractivity contribution in [2.24, 2.45) is 0 Å². The lowest BCUT2D eigenvalue weighted by Gasteiger charge is -2.10. The van der Waals surface area contributed by atoms with Gasteiger partial charge in [-0.3, -0.25) is 4.79 Å². The first kappa shape index (κ1) is 18.2. The van der Waals surface area contributed by atoms with E-state index in [-0.39, 0.29) is 5.91 Å². The van der Waals surface area contributed by atoms with Gasteiger partial charge in [-0.1, -0.05) is 0 Å². The Morgan fingerprint density at radius 2 is 2.09 bits per heavy atom. The molecule has 1 heterocycles. The van der Waals surface area contributed by atoms with E-state index in [0.29, 0.717) is 23.6 Å². The second-order valence-corrected chi connectivity index (χ2v) is 8.23. The highest BCUT2D eigenvalue weighted by molar-refractivity contribution is 9.11. The molecule has 1 aromatic heterocycles. The highest BCUT2D eigenvalue weighted by atomic mass is 79.9. The summed E-state index contributed by atoms with van der Waals surface area (Å²) >= 11 is 6.99. The number of benzene rings is 1. The van der Waals surface area contributed by atoms with Crippen LogP contribution < -0.4 is 14.8 Å². The van der Waals surface area contributed by atoms with E-state index in [1.165, 1.54) is 4.88 Å². The van der Waals surface area contributed by atoms with Gasteiger partial charge in [-0.15, -0.1) is 11.3 Å². The van der Waals surface area contributed by atoms with Crippen LogP contribution in [-0.2, 0) is 5.75 Å². The molecule has 0 aliphatic rings. The van der Waals surface area contributed by atoms with Gasteiger partial charge in [-0.25, -0.2) is 0 Å². The monoisotopic (exact) mass is 415 g/mol. The number of methoxy groups -OCH3 is 2. The van der Waals surface area contributed by atoms with Crippen molar-refractivity contribution < 1.29 is 14.3 Å². The Labute approximate surface area is 152 Å². The third-order valence-corrected chi connectivity index (χ3v) is 5.87. The predicted molar refractivity (Wildman–Crippen MR) is 100 cm³/mol. The summed E-state index contributed by atoms with van der Waals surface area (Å²) in [4.78, 5) is 13.5. The molecule has 0 radical (unpaired) electrons. The van der Waals surface area contributed by atoms with Crippen molar-refractivity contribution >= 4 is 44.9 Å². The lowest BCUT2D eigenvalue weighted by Crippen LogP contribution is -2.26. The van der Waals surface area contributed by atoms with E-state index < -0.39 is 0 Å². The number of carbonyl (C=O) groups is 1. The minimum atomic E-state index is -0.135. The molecule has 0 bridgehead atoms. The molecule has 0 aliphatic carbocycles. The van der Waals surface area contributed by atoms with Gasteiger partial charge in [0.05, 0.1) is 23.6 Å². The number of nitrogens with one attached hydrogen (secondary N) is 1. The Hall–Kier alpha value is -1.18. The zero-order valence-corrected chi connectivity index (χ0v) is 16.1. The molecule has 0 saturated carbocycles. The average Bonchev–Trinajstić information content (AvgIpc) is 2.99. The maximum Gasteiger partial charge on any atom is 0.255 e. The second-order valence-electron chi connectivity index (χ2n) is 4.58. The van der Waals surface area contributed by atoms with Crippen molar-refractivity contribution in [2.45, 2.75) is 5.75 Å². The molecule has 23 heavy (non-hydrogen) atoms. The maximum atomic E-state index is 12.2. The Bertz CT molecular complexity index is 661. The molecular weight excluding hydrogens is 398 g/mol. The third-order valence-electron chi connectivity index (χ3n) is 3.06. The molecule has 2 rings (SSSR count). The molecule has 0 fully saturated rings. The summed E-state index contributed by atoms with van der Waals surface area (Å²) in [7, 11) is 3.12. The van der Waals surface area contributed by atoms with E-state index in [9.17, 15) is 4.79 Å². The van der Waals surface area contributed by atoms with Crippen molar-refractivity contribution in [3.05, 3.63) is 44.6 Å². The Kier molecular flexibility index (Phi) is 7.26. The molecule has 124 valence electrons. The summed E-state index contributed by atoms with van der Waals surface area (Å²) in [5.74, 6) is 2.86. The van der Waals surface area contributed by atoms with Crippen LogP contribution >= 0.6 is 39.0 Å². The minimum Gasteiger partial charge on any atom is -0.497 e. The normalized spacial score (nSPS) is 10.4. The van der Waals surface area contributed by atoms with Crippen LogP contribution in [0.15, 0.2) is 34.1 Å². The van der Waals surface area contributed by atoms with Crippen molar-refractivity contribution in [1.29, 1.82) is 0 Å². The maximum absolute atomic E-state index is 12.2. The molecule has 7 heteroatoms. The SMILES string of the molecule is COc1ccc(C(=O)NCCSCc2ccc(Br)s2)c(OC)c1. The zero-order valence-electron chi connectivity index (χ0n) is 12.9. The number of rotatable bonds is 8. The molecule has 0 atom stereocenters. The van der Waals surface area contributed by atoms with Gasteiger partial charge in [0.15, 0.2) is 0 Å². The summed E-state index contributed by atoms with van der Waals surface area (Å²) < 4.78 is 11.5. The summed E-state index contributed by atoms with van der Waals surface area (Å²) in [6.45, 7) is 0.616. The fourth-order valence-corrected chi connectivity index (χ4v) is 4.37. The number of hydrogen-bond donors (Lipinski definition) is 1. The standard InChI is InChI=1S/C16H18BrNO3S2/c1-20-11-3-5-13(14(9-11)21-2)16(19)18-7-8-22-10-12-4-6-15(17)23-12/h3-6,9H,7-8,10H2,1-2H3,(H,18,19). The van der Waals surface area contributed by atoms with Crippen LogP contribution in [0.4, 0.5) is 0 Å². The number of ether oxygens (including phenoxy) is 2. The topological polar surface area (TPSA) is 47.6 Å². The van der Waals surface area contributed by atoms with Gasteiger partial charge < -0.3 is 14.8 Å². The van der Waals surface area contributed by atoms with Crippen LogP contribution in [-0.4, -0.2) is 32.4 Å². The van der Waals surface area contributed by atoms with Crippen molar-refractivity contribution in [3.8, 4) is 11.5 Å². The van der Waals surface area contributed by atoms with Crippen molar-refractivity contribution in [2.75, 3.05) is 26.5 Å². The van der Waals surface area contributed by atoms with Crippen molar-refractivity contribution in [1.82, 2.24) is 5.32 Å². The van der Waals surface area contributed by atoms with Crippen LogP contribution in [0.1, 0.15) is 15.2 Å². The Morgan fingerprint density at radius 1 is 1.26 bits per heavy atom. The van der Waals surface area contributed by atoms with E-state index in [2.05, 4.69) is 33.4 Å².